The number of hydrogen-bond acceptors (Lipinski definition) is 1. The monoisotopic (exact) mass is 176 g/mol. The van der Waals surface area contributed by atoms with Gasteiger partial charge in [0.05, 0.1) is 0 Å². The van der Waals surface area contributed by atoms with Gasteiger partial charge in [-0.05, 0) is 42.9 Å². The quantitative estimate of drug-likeness (QED) is 0.635. The zero-order valence-electron chi connectivity index (χ0n) is 8.09. The zero-order chi connectivity index (χ0) is 8.84. The minimum absolute atomic E-state index is 0.671. The van der Waals surface area contributed by atoms with Crippen molar-refractivity contribution in [3.8, 4) is 0 Å². The highest BCUT2D eigenvalue weighted by Crippen LogP contribution is 2.39. The van der Waals surface area contributed by atoms with E-state index in [-0.39, 0.29) is 0 Å². The van der Waals surface area contributed by atoms with E-state index in [0.717, 1.165) is 5.92 Å². The maximum atomic E-state index is 3.61. The van der Waals surface area contributed by atoms with E-state index in [1.165, 1.54) is 25.8 Å². The van der Waals surface area contributed by atoms with Gasteiger partial charge < -0.3 is 9.88 Å². The third kappa shape index (κ3) is 1.05. The average molecular weight is 176 g/mol. The molecular formula is C11H16N2. The molecule has 1 fully saturated rings. The van der Waals surface area contributed by atoms with Gasteiger partial charge in [0.2, 0.25) is 0 Å². The summed E-state index contributed by atoms with van der Waals surface area (Å²) in [5, 5.41) is 3.61. The molecule has 0 amide bonds. The fourth-order valence-corrected chi connectivity index (χ4v) is 2.92. The molecule has 3 rings (SSSR count). The van der Waals surface area contributed by atoms with Crippen LogP contribution in [0.15, 0.2) is 12.4 Å². The molecule has 2 heterocycles. The van der Waals surface area contributed by atoms with Crippen molar-refractivity contribution in [1.29, 1.82) is 0 Å². The largest absolute Gasteiger partial charge is 0.357 e. The molecule has 0 saturated carbocycles. The molecule has 1 aliphatic heterocycles. The zero-order valence-corrected chi connectivity index (χ0v) is 8.09. The first kappa shape index (κ1) is 7.63. The molecule has 1 aromatic rings. The molecular weight excluding hydrogens is 160 g/mol. The molecule has 1 aliphatic carbocycles. The van der Waals surface area contributed by atoms with Crippen LogP contribution in [-0.2, 0) is 13.5 Å². The molecule has 2 heteroatoms. The maximum Gasteiger partial charge on any atom is 0.0367 e. The summed E-state index contributed by atoms with van der Waals surface area (Å²) in [5.41, 5.74) is 3.13. The highest BCUT2D eigenvalue weighted by molar-refractivity contribution is 5.31. The second-order valence-corrected chi connectivity index (χ2v) is 4.42. The molecule has 0 spiro atoms. The third-order valence-corrected chi connectivity index (χ3v) is 3.54. The number of aromatic nitrogens is 1. The van der Waals surface area contributed by atoms with Crippen LogP contribution >= 0.6 is 0 Å². The van der Waals surface area contributed by atoms with Crippen molar-refractivity contribution < 1.29 is 0 Å². The van der Waals surface area contributed by atoms with Gasteiger partial charge in [0.1, 0.15) is 0 Å². The SMILES string of the molecule is Cn1cc2c(c1)C1NCCC1CC2. The fourth-order valence-electron chi connectivity index (χ4n) is 2.92. The summed E-state index contributed by atoms with van der Waals surface area (Å²) in [7, 11) is 2.13. The lowest BCUT2D eigenvalue weighted by Crippen LogP contribution is -2.22. The predicted molar refractivity (Wildman–Crippen MR) is 52.6 cm³/mol. The van der Waals surface area contributed by atoms with Crippen LogP contribution in [-0.4, -0.2) is 11.1 Å². The van der Waals surface area contributed by atoms with Crippen LogP contribution in [0.4, 0.5) is 0 Å². The average Bonchev–Trinajstić information content (AvgIpc) is 2.65. The van der Waals surface area contributed by atoms with E-state index in [2.05, 4.69) is 29.3 Å². The summed E-state index contributed by atoms with van der Waals surface area (Å²) < 4.78 is 2.20. The Morgan fingerprint density at radius 2 is 2.31 bits per heavy atom. The summed E-state index contributed by atoms with van der Waals surface area (Å²) in [4.78, 5) is 0. The Balaban J connectivity index is 2.05. The number of nitrogens with one attached hydrogen (secondary N) is 1. The standard InChI is InChI=1S/C11H16N2/c1-13-6-9-3-2-8-4-5-12-11(8)10(9)7-13/h6-8,11-12H,2-5H2,1H3. The molecule has 0 radical (unpaired) electrons. The Morgan fingerprint density at radius 3 is 3.23 bits per heavy atom. The van der Waals surface area contributed by atoms with E-state index >= 15 is 0 Å². The van der Waals surface area contributed by atoms with Gasteiger partial charge in [-0.15, -0.1) is 0 Å². The number of hydrogen-bond donors (Lipinski definition) is 1. The van der Waals surface area contributed by atoms with Crippen LogP contribution < -0.4 is 5.32 Å². The van der Waals surface area contributed by atoms with Crippen LogP contribution in [0.1, 0.15) is 30.0 Å². The third-order valence-electron chi connectivity index (χ3n) is 3.54. The topological polar surface area (TPSA) is 17.0 Å². The lowest BCUT2D eigenvalue weighted by molar-refractivity contribution is 0.407. The van der Waals surface area contributed by atoms with Crippen molar-refractivity contribution in [2.75, 3.05) is 6.54 Å². The van der Waals surface area contributed by atoms with Gasteiger partial charge in [-0.1, -0.05) is 0 Å². The second kappa shape index (κ2) is 2.61. The van der Waals surface area contributed by atoms with Crippen LogP contribution in [0.25, 0.3) is 0 Å². The van der Waals surface area contributed by atoms with E-state index in [4.69, 9.17) is 0 Å². The molecule has 2 nitrogen and oxygen atoms in total. The second-order valence-electron chi connectivity index (χ2n) is 4.42. The Hall–Kier alpha value is -0.760. The number of nitrogens with zero attached hydrogens (tertiary/aromatic N) is 1. The molecule has 2 atom stereocenters. The van der Waals surface area contributed by atoms with Gasteiger partial charge in [-0.25, -0.2) is 0 Å². The summed E-state index contributed by atoms with van der Waals surface area (Å²) >= 11 is 0. The normalized spacial score (nSPS) is 31.5. The molecule has 70 valence electrons. The van der Waals surface area contributed by atoms with E-state index in [1.807, 2.05) is 0 Å². The van der Waals surface area contributed by atoms with E-state index in [0.29, 0.717) is 6.04 Å². The first-order valence-electron chi connectivity index (χ1n) is 5.23. The first-order chi connectivity index (χ1) is 6.34. The van der Waals surface area contributed by atoms with Crippen molar-refractivity contribution in [3.63, 3.8) is 0 Å². The van der Waals surface area contributed by atoms with E-state index in [1.54, 1.807) is 11.1 Å². The van der Waals surface area contributed by atoms with Gasteiger partial charge in [-0.2, -0.15) is 0 Å². The van der Waals surface area contributed by atoms with E-state index < -0.39 is 0 Å². The molecule has 2 aliphatic rings. The number of fused-ring (bicyclic) bond motifs is 3. The van der Waals surface area contributed by atoms with Gasteiger partial charge in [-0.3, -0.25) is 0 Å². The van der Waals surface area contributed by atoms with Crippen molar-refractivity contribution in [3.05, 3.63) is 23.5 Å². The van der Waals surface area contributed by atoms with Gasteiger partial charge >= 0.3 is 0 Å². The molecule has 2 unspecified atom stereocenters. The van der Waals surface area contributed by atoms with Crippen molar-refractivity contribution in [2.24, 2.45) is 13.0 Å². The van der Waals surface area contributed by atoms with Crippen LogP contribution in [0.5, 0.6) is 0 Å². The first-order valence-corrected chi connectivity index (χ1v) is 5.23. The van der Waals surface area contributed by atoms with Crippen LogP contribution in [0.2, 0.25) is 0 Å². The van der Waals surface area contributed by atoms with Crippen molar-refractivity contribution in [2.45, 2.75) is 25.3 Å². The predicted octanol–water partition coefficient (Wildman–Crippen LogP) is 1.62. The van der Waals surface area contributed by atoms with E-state index in [9.17, 15) is 0 Å². The smallest absolute Gasteiger partial charge is 0.0367 e. The minimum atomic E-state index is 0.671. The molecule has 0 aromatic carbocycles. The van der Waals surface area contributed by atoms with Gasteiger partial charge in [0.25, 0.3) is 0 Å². The Morgan fingerprint density at radius 1 is 1.38 bits per heavy atom. The minimum Gasteiger partial charge on any atom is -0.357 e. The van der Waals surface area contributed by atoms with Crippen molar-refractivity contribution in [1.82, 2.24) is 9.88 Å². The Kier molecular flexibility index (Phi) is 1.53. The molecule has 13 heavy (non-hydrogen) atoms. The lowest BCUT2D eigenvalue weighted by Gasteiger charge is -2.25. The molecule has 1 N–H and O–H groups in total. The fraction of sp³-hybridized carbons (Fsp3) is 0.636. The summed E-state index contributed by atoms with van der Waals surface area (Å²) in [5.74, 6) is 0.912. The highest BCUT2D eigenvalue weighted by Gasteiger charge is 2.33. The molecule has 0 bridgehead atoms. The van der Waals surface area contributed by atoms with Crippen LogP contribution in [0.3, 0.4) is 0 Å². The van der Waals surface area contributed by atoms with Gasteiger partial charge in [0.15, 0.2) is 0 Å². The van der Waals surface area contributed by atoms with Crippen LogP contribution in [0, 0.1) is 5.92 Å². The van der Waals surface area contributed by atoms with Gasteiger partial charge in [0, 0.05) is 25.5 Å². The maximum absolute atomic E-state index is 3.61. The number of rotatable bonds is 0. The Labute approximate surface area is 78.9 Å². The number of aryl methyl sites for hydroxylation is 2. The van der Waals surface area contributed by atoms with Crippen molar-refractivity contribution >= 4 is 0 Å². The lowest BCUT2D eigenvalue weighted by atomic mass is 9.83. The highest BCUT2D eigenvalue weighted by atomic mass is 15.0. The molecule has 1 aromatic heterocycles. The summed E-state index contributed by atoms with van der Waals surface area (Å²) in [6.45, 7) is 1.21. The molecule has 1 saturated heterocycles. The summed E-state index contributed by atoms with van der Waals surface area (Å²) in [6.07, 6.45) is 8.63. The Bertz CT molecular complexity index is 327. The summed E-state index contributed by atoms with van der Waals surface area (Å²) in [6, 6.07) is 0.671.